The first-order valence-electron chi connectivity index (χ1n) is 18.0. The van der Waals surface area contributed by atoms with Gasteiger partial charge in [-0.25, -0.2) is 9.88 Å². The minimum atomic E-state index is -4.76. The number of phenols is 1. The number of hydrogen-bond donors (Lipinski definition) is 2. The van der Waals surface area contributed by atoms with Crippen molar-refractivity contribution in [3.63, 3.8) is 0 Å². The van der Waals surface area contributed by atoms with E-state index in [-0.39, 0.29) is 36.8 Å². The van der Waals surface area contributed by atoms with E-state index in [1.54, 1.807) is 68.4 Å². The molecule has 3 heterocycles. The molecule has 2 N–H and O–H groups in total. The van der Waals surface area contributed by atoms with Crippen LogP contribution < -0.4 is 15.1 Å². The topological polar surface area (TPSA) is 129 Å². The first kappa shape index (κ1) is 38.7. The smallest absolute Gasteiger partial charge is 0.417 e. The second kappa shape index (κ2) is 14.1. The van der Waals surface area contributed by atoms with Crippen LogP contribution in [0, 0.1) is 30.6 Å². The number of fused-ring (bicyclic) bond motifs is 4. The van der Waals surface area contributed by atoms with E-state index in [0.29, 0.717) is 44.7 Å². The Morgan fingerprint density at radius 1 is 0.930 bits per heavy atom. The number of pyridine rings is 1. The van der Waals surface area contributed by atoms with Crippen molar-refractivity contribution >= 4 is 69.9 Å². The predicted molar refractivity (Wildman–Crippen MR) is 205 cm³/mol. The fraction of sp³-hybridized carbons (Fsp3) is 0.293. The summed E-state index contributed by atoms with van der Waals surface area (Å²) in [5.41, 5.74) is 2.24. The van der Waals surface area contributed by atoms with E-state index in [1.165, 1.54) is 6.07 Å². The molecule has 1 saturated carbocycles. The number of ether oxygens (including phenoxy) is 1. The molecule has 6 unspecified atom stereocenters. The lowest BCUT2D eigenvalue weighted by atomic mass is 9.49. The Balaban J connectivity index is 1.32. The van der Waals surface area contributed by atoms with Gasteiger partial charge in [0.25, 0.3) is 11.8 Å². The van der Waals surface area contributed by atoms with Crippen molar-refractivity contribution in [3.05, 3.63) is 122 Å². The zero-order chi connectivity index (χ0) is 40.7. The van der Waals surface area contributed by atoms with Crippen LogP contribution in [0.2, 0.25) is 15.1 Å². The minimum Gasteiger partial charge on any atom is -0.504 e. The first-order valence-corrected chi connectivity index (χ1v) is 19.1. The number of aryl methyl sites for hydroxylation is 1. The number of nitrogens with zero attached hydrogens (tertiary/aromatic N) is 3. The summed E-state index contributed by atoms with van der Waals surface area (Å²) in [5.74, 6) is -7.56. The van der Waals surface area contributed by atoms with Gasteiger partial charge >= 0.3 is 6.18 Å². The van der Waals surface area contributed by atoms with Crippen LogP contribution in [0.3, 0.4) is 0 Å². The Hall–Kier alpha value is -5.11. The number of carbonyl (C=O) groups excluding carboxylic acids is 4. The van der Waals surface area contributed by atoms with Crippen LogP contribution in [0.1, 0.15) is 47.9 Å². The summed E-state index contributed by atoms with van der Waals surface area (Å²) < 4.78 is 46.3. The monoisotopic (exact) mass is 838 g/mol. The molecule has 4 aromatic rings. The summed E-state index contributed by atoms with van der Waals surface area (Å²) in [6, 6.07) is 16.6. The molecule has 294 valence electrons. The van der Waals surface area contributed by atoms with E-state index in [0.717, 1.165) is 15.5 Å². The van der Waals surface area contributed by atoms with Crippen LogP contribution in [-0.2, 0) is 30.8 Å². The molecule has 3 aromatic carbocycles. The van der Waals surface area contributed by atoms with Gasteiger partial charge in [0.05, 0.1) is 46.0 Å². The van der Waals surface area contributed by atoms with E-state index in [4.69, 9.17) is 39.5 Å². The molecular formula is C41H32Cl3F3N4O6. The number of hydrazine groups is 1. The van der Waals surface area contributed by atoms with Crippen LogP contribution >= 0.6 is 34.8 Å². The van der Waals surface area contributed by atoms with Crippen LogP contribution in [0.15, 0.2) is 84.6 Å². The number of rotatable bonds is 7. The van der Waals surface area contributed by atoms with Gasteiger partial charge in [-0.2, -0.15) is 18.2 Å². The molecule has 2 aliphatic heterocycles. The highest BCUT2D eigenvalue weighted by atomic mass is 35.5. The van der Waals surface area contributed by atoms with Gasteiger partial charge in [-0.3, -0.25) is 24.6 Å². The summed E-state index contributed by atoms with van der Waals surface area (Å²) in [4.78, 5) is 63.9. The van der Waals surface area contributed by atoms with Gasteiger partial charge < -0.3 is 9.84 Å². The van der Waals surface area contributed by atoms with E-state index < -0.39 is 75.4 Å². The van der Waals surface area contributed by atoms with Gasteiger partial charge in [0, 0.05) is 22.2 Å². The number of alkyl halides is 3. The summed E-state index contributed by atoms with van der Waals surface area (Å²) in [6.45, 7) is 3.72. The average Bonchev–Trinajstić information content (AvgIpc) is 3.55. The molecule has 2 saturated heterocycles. The fourth-order valence-corrected chi connectivity index (χ4v) is 9.62. The molecule has 0 spiro atoms. The number of phenolic OH excluding ortho intramolecular Hbond substituents is 1. The lowest BCUT2D eigenvalue weighted by Crippen LogP contribution is -2.53. The van der Waals surface area contributed by atoms with Gasteiger partial charge in [-0.15, -0.1) is 0 Å². The normalized spacial score (nSPS) is 25.6. The highest BCUT2D eigenvalue weighted by Crippen LogP contribution is 2.64. The number of benzene rings is 3. The first-order chi connectivity index (χ1) is 27.1. The third-order valence-electron chi connectivity index (χ3n) is 11.6. The van der Waals surface area contributed by atoms with Crippen molar-refractivity contribution in [1.29, 1.82) is 0 Å². The molecule has 16 heteroatoms. The van der Waals surface area contributed by atoms with Crippen LogP contribution in [0.4, 0.5) is 24.7 Å². The summed E-state index contributed by atoms with van der Waals surface area (Å²) >= 11 is 19.1. The maximum atomic E-state index is 15.4. The highest BCUT2D eigenvalue weighted by molar-refractivity contribution is 6.33. The Labute approximate surface area is 339 Å². The number of allylic oxidation sites excluding steroid dienone is 2. The number of nitrogens with one attached hydrogen (secondary N) is 1. The molecule has 1 aromatic heterocycles. The quantitative estimate of drug-likeness (QED) is 0.140. The molecule has 57 heavy (non-hydrogen) atoms. The number of hydrogen-bond acceptors (Lipinski definition) is 8. The van der Waals surface area contributed by atoms with E-state index in [9.17, 15) is 32.7 Å². The SMILES string of the molecule is CCOc1cc(C2C3=CCC4C(=O)N(c5ccc(C)c(Cl)c5)C(=O)C4C3CC3C(=O)N(Nc4ncc(C(F)(F)F)cc4Cl)C(=O)C32c2ccc(Cl)cc2)ccc1O. The number of amides is 4. The Bertz CT molecular complexity index is 2410. The lowest BCUT2D eigenvalue weighted by molar-refractivity contribution is -0.139. The van der Waals surface area contributed by atoms with Crippen molar-refractivity contribution < 1.29 is 42.2 Å². The summed E-state index contributed by atoms with van der Waals surface area (Å²) in [7, 11) is 0. The van der Waals surface area contributed by atoms with Gasteiger partial charge in [0.15, 0.2) is 17.3 Å². The maximum Gasteiger partial charge on any atom is 0.417 e. The maximum absolute atomic E-state index is 15.4. The zero-order valence-electron chi connectivity index (χ0n) is 30.1. The summed E-state index contributed by atoms with van der Waals surface area (Å²) in [6.07, 6.45) is -2.30. The molecular weight excluding hydrogens is 808 g/mol. The van der Waals surface area contributed by atoms with Crippen LogP contribution in [0.25, 0.3) is 0 Å². The second-order valence-electron chi connectivity index (χ2n) is 14.5. The molecule has 0 bridgehead atoms. The number of aromatic nitrogens is 1. The van der Waals surface area contributed by atoms with Crippen molar-refractivity contribution in [2.24, 2.45) is 23.7 Å². The third kappa shape index (κ3) is 6.04. The summed E-state index contributed by atoms with van der Waals surface area (Å²) in [5, 5.41) is 11.7. The second-order valence-corrected chi connectivity index (χ2v) is 15.8. The molecule has 10 nitrogen and oxygen atoms in total. The third-order valence-corrected chi connectivity index (χ3v) is 12.5. The van der Waals surface area contributed by atoms with Gasteiger partial charge in [0.2, 0.25) is 11.8 Å². The zero-order valence-corrected chi connectivity index (χ0v) is 32.4. The van der Waals surface area contributed by atoms with Crippen LogP contribution in [0.5, 0.6) is 11.5 Å². The molecule has 4 amide bonds. The van der Waals surface area contributed by atoms with Gasteiger partial charge in [-0.1, -0.05) is 70.7 Å². The van der Waals surface area contributed by atoms with Crippen molar-refractivity contribution in [3.8, 4) is 11.5 Å². The Kier molecular flexibility index (Phi) is 9.56. The number of carbonyl (C=O) groups is 4. The number of imide groups is 2. The van der Waals surface area contributed by atoms with E-state index in [2.05, 4.69) is 10.4 Å². The molecule has 6 atom stereocenters. The standard InChI is InChI=1S/C41H32Cl3F3N4O6/c1-3-57-32-14-20(5-13-31(32)52)34-25-11-12-26-33(38(55)50(36(26)53)24-10-4-19(2)29(43)16-24)27(25)17-28-37(54)51(39(56)40(28,34)21-6-8-23(42)9-7-21)49-35-30(44)15-22(18-48-35)41(45,46)47/h4-11,13-16,18,26-28,33-34,52H,3,12,17H2,1-2H3,(H,48,49). The van der Waals surface area contributed by atoms with Gasteiger partial charge in [-0.05, 0) is 91.8 Å². The molecule has 4 aliphatic rings. The number of aromatic hydroxyl groups is 1. The van der Waals surface area contributed by atoms with Gasteiger partial charge in [0.1, 0.15) is 0 Å². The Morgan fingerprint density at radius 2 is 1.67 bits per heavy atom. The lowest BCUT2D eigenvalue weighted by Gasteiger charge is -2.50. The van der Waals surface area contributed by atoms with E-state index in [1.807, 2.05) is 6.08 Å². The van der Waals surface area contributed by atoms with Crippen molar-refractivity contribution in [1.82, 2.24) is 9.99 Å². The van der Waals surface area contributed by atoms with Crippen LogP contribution in [-0.4, -0.2) is 45.3 Å². The molecule has 0 radical (unpaired) electrons. The number of anilines is 2. The van der Waals surface area contributed by atoms with Crippen molar-refractivity contribution in [2.75, 3.05) is 16.9 Å². The van der Waals surface area contributed by atoms with E-state index >= 15 is 4.79 Å². The number of halogens is 6. The molecule has 8 rings (SSSR count). The minimum absolute atomic E-state index is 0.0685. The fourth-order valence-electron chi connectivity index (χ4n) is 9.11. The largest absolute Gasteiger partial charge is 0.504 e. The highest BCUT2D eigenvalue weighted by Gasteiger charge is 2.70. The van der Waals surface area contributed by atoms with Crippen molar-refractivity contribution in [2.45, 2.75) is 44.2 Å². The predicted octanol–water partition coefficient (Wildman–Crippen LogP) is 8.66. The Morgan fingerprint density at radius 3 is 2.33 bits per heavy atom. The average molecular weight is 840 g/mol. The molecule has 3 fully saturated rings. The molecule has 2 aliphatic carbocycles.